The molecule has 0 fully saturated rings. The van der Waals surface area contributed by atoms with Gasteiger partial charge < -0.3 is 0 Å². The monoisotopic (exact) mass is 166 g/mol. The topological polar surface area (TPSA) is 0 Å². The van der Waals surface area contributed by atoms with Gasteiger partial charge in [-0.3, -0.25) is 0 Å². The van der Waals surface area contributed by atoms with Gasteiger partial charge in [0.1, 0.15) is 0 Å². The van der Waals surface area contributed by atoms with Crippen LogP contribution < -0.4 is 0 Å². The Morgan fingerprint density at radius 3 is 2.00 bits per heavy atom. The predicted molar refractivity (Wildman–Crippen MR) is 59.3 cm³/mol. The summed E-state index contributed by atoms with van der Waals surface area (Å²) in [6, 6.07) is 0. The van der Waals surface area contributed by atoms with Crippen LogP contribution in [0, 0.1) is 5.92 Å². The third kappa shape index (κ3) is 7.33. The first-order valence-electron chi connectivity index (χ1n) is 4.67. The van der Waals surface area contributed by atoms with E-state index in [9.17, 15) is 0 Å². The molecule has 0 saturated heterocycles. The Balaban J connectivity index is 0. The second kappa shape index (κ2) is 10.2. The van der Waals surface area contributed by atoms with Crippen molar-refractivity contribution in [3.8, 4) is 0 Å². The lowest BCUT2D eigenvalue weighted by molar-refractivity contribution is 0.789. The number of hydrogen-bond acceptors (Lipinski definition) is 0. The summed E-state index contributed by atoms with van der Waals surface area (Å²) in [5.74, 6) is 0.612. The molecule has 0 saturated carbocycles. The molecule has 0 heterocycles. The van der Waals surface area contributed by atoms with Crippen molar-refractivity contribution in [2.24, 2.45) is 5.92 Å². The van der Waals surface area contributed by atoms with Crippen LogP contribution in [-0.2, 0) is 0 Å². The van der Waals surface area contributed by atoms with Crippen LogP contribution in [0.1, 0.15) is 34.6 Å². The molecule has 0 unspecified atom stereocenters. The summed E-state index contributed by atoms with van der Waals surface area (Å²) < 4.78 is 0. The van der Waals surface area contributed by atoms with Gasteiger partial charge in [0.25, 0.3) is 0 Å². The summed E-state index contributed by atoms with van der Waals surface area (Å²) in [4.78, 5) is 0. The molecule has 0 nitrogen and oxygen atoms in total. The smallest absolute Gasteiger partial charge is 0.0222 e. The molecule has 0 spiro atoms. The molecule has 0 N–H and O–H groups in total. The average Bonchev–Trinajstić information content (AvgIpc) is 2.09. The Kier molecular flexibility index (Phi) is 11.7. The summed E-state index contributed by atoms with van der Waals surface area (Å²) in [6.07, 6.45) is 7.99. The fourth-order valence-electron chi connectivity index (χ4n) is 0.801. The molecule has 0 rings (SSSR count). The van der Waals surface area contributed by atoms with Crippen molar-refractivity contribution in [3.05, 3.63) is 36.5 Å². The summed E-state index contributed by atoms with van der Waals surface area (Å²) in [5.41, 5.74) is 1.36. The van der Waals surface area contributed by atoms with Crippen LogP contribution in [-0.4, -0.2) is 0 Å². The zero-order valence-corrected chi connectivity index (χ0v) is 9.09. The van der Waals surface area contributed by atoms with Gasteiger partial charge in [0.2, 0.25) is 0 Å². The lowest BCUT2D eigenvalue weighted by atomic mass is 10.0. The quantitative estimate of drug-likeness (QED) is 0.546. The minimum absolute atomic E-state index is 0.612. The van der Waals surface area contributed by atoms with Crippen LogP contribution in [0.15, 0.2) is 36.5 Å². The van der Waals surface area contributed by atoms with Crippen LogP contribution in [0.2, 0.25) is 0 Å². The van der Waals surface area contributed by atoms with Crippen molar-refractivity contribution in [3.63, 3.8) is 0 Å². The molecule has 0 atom stereocenters. The van der Waals surface area contributed by atoms with Gasteiger partial charge in [-0.15, -0.1) is 0 Å². The number of rotatable bonds is 3. The summed E-state index contributed by atoms with van der Waals surface area (Å²) >= 11 is 0. The highest BCUT2D eigenvalue weighted by Crippen LogP contribution is 2.09. The van der Waals surface area contributed by atoms with Crippen molar-refractivity contribution in [2.75, 3.05) is 0 Å². The van der Waals surface area contributed by atoms with Crippen molar-refractivity contribution in [2.45, 2.75) is 34.6 Å². The maximum Gasteiger partial charge on any atom is -0.0222 e. The van der Waals surface area contributed by atoms with E-state index in [2.05, 4.69) is 39.5 Å². The van der Waals surface area contributed by atoms with Crippen LogP contribution in [0.5, 0.6) is 0 Å². The predicted octanol–water partition coefficient (Wildman–Crippen LogP) is 4.36. The van der Waals surface area contributed by atoms with Gasteiger partial charge in [0, 0.05) is 0 Å². The van der Waals surface area contributed by atoms with E-state index in [4.69, 9.17) is 0 Å². The van der Waals surface area contributed by atoms with E-state index in [0.717, 1.165) is 0 Å². The number of allylic oxidation sites excluding steroid dienone is 5. The molecule has 0 aromatic rings. The van der Waals surface area contributed by atoms with Gasteiger partial charge in [0.05, 0.1) is 0 Å². The van der Waals surface area contributed by atoms with Crippen LogP contribution >= 0.6 is 0 Å². The van der Waals surface area contributed by atoms with Gasteiger partial charge in [-0.1, -0.05) is 58.6 Å². The minimum Gasteiger partial charge on any atom is -0.0991 e. The van der Waals surface area contributed by atoms with Crippen LogP contribution in [0.25, 0.3) is 0 Å². The summed E-state index contributed by atoms with van der Waals surface area (Å²) in [5, 5.41) is 0. The highest BCUT2D eigenvalue weighted by Gasteiger charge is 1.94. The second-order valence-corrected chi connectivity index (χ2v) is 2.54. The fourth-order valence-corrected chi connectivity index (χ4v) is 0.801. The fraction of sp³-hybridized carbons (Fsp3) is 0.500. The van der Waals surface area contributed by atoms with Gasteiger partial charge in [-0.05, 0) is 18.4 Å². The van der Waals surface area contributed by atoms with Crippen molar-refractivity contribution in [1.29, 1.82) is 0 Å². The second-order valence-electron chi connectivity index (χ2n) is 2.54. The van der Waals surface area contributed by atoms with Gasteiger partial charge in [-0.2, -0.15) is 0 Å². The third-order valence-electron chi connectivity index (χ3n) is 1.42. The van der Waals surface area contributed by atoms with Crippen molar-refractivity contribution < 1.29 is 0 Å². The van der Waals surface area contributed by atoms with Crippen LogP contribution in [0.3, 0.4) is 0 Å². The van der Waals surface area contributed by atoms with E-state index < -0.39 is 0 Å². The lowest BCUT2D eigenvalue weighted by Gasteiger charge is -2.03. The van der Waals surface area contributed by atoms with E-state index in [0.29, 0.717) is 5.92 Å². The maximum atomic E-state index is 3.61. The van der Waals surface area contributed by atoms with Gasteiger partial charge >= 0.3 is 0 Å². The first-order chi connectivity index (χ1) is 5.72. The Labute approximate surface area is 77.7 Å². The third-order valence-corrected chi connectivity index (χ3v) is 1.42. The molecule has 0 amide bonds. The minimum atomic E-state index is 0.612. The maximum absolute atomic E-state index is 3.61. The molecule has 0 aromatic heterocycles. The molecular formula is C12H22. The largest absolute Gasteiger partial charge is 0.0991 e. The lowest BCUT2D eigenvalue weighted by Crippen LogP contribution is -1.88. The Bertz CT molecular complexity index is 147. The molecule has 0 heteroatoms. The Hall–Kier alpha value is -0.780. The van der Waals surface area contributed by atoms with E-state index in [1.807, 2.05) is 19.9 Å². The summed E-state index contributed by atoms with van der Waals surface area (Å²) in [6.45, 7) is 14.0. The first-order valence-corrected chi connectivity index (χ1v) is 4.67. The molecular weight excluding hydrogens is 144 g/mol. The highest BCUT2D eigenvalue weighted by atomic mass is 14.0. The summed E-state index contributed by atoms with van der Waals surface area (Å²) in [7, 11) is 0. The Morgan fingerprint density at radius 1 is 1.25 bits per heavy atom. The highest BCUT2D eigenvalue weighted by molar-refractivity contribution is 5.22. The van der Waals surface area contributed by atoms with Crippen molar-refractivity contribution >= 4 is 0 Å². The van der Waals surface area contributed by atoms with Gasteiger partial charge in [-0.25, -0.2) is 0 Å². The molecule has 0 bridgehead atoms. The molecule has 0 aliphatic rings. The molecule has 70 valence electrons. The zero-order valence-electron chi connectivity index (χ0n) is 9.09. The number of hydrogen-bond donors (Lipinski definition) is 0. The zero-order chi connectivity index (χ0) is 9.98. The van der Waals surface area contributed by atoms with Crippen LogP contribution in [0.4, 0.5) is 0 Å². The molecule has 0 aromatic carbocycles. The molecule has 0 aliphatic heterocycles. The Morgan fingerprint density at radius 2 is 1.75 bits per heavy atom. The first kappa shape index (κ1) is 13.8. The average molecular weight is 166 g/mol. The molecule has 0 radical (unpaired) electrons. The normalized spacial score (nSPS) is 11.3. The van der Waals surface area contributed by atoms with E-state index in [1.165, 1.54) is 5.57 Å². The standard InChI is InChI=1S/C10H16.C2H6/c1-5-7-8-10(6-2)9(3)4;1-2/h5-9H,1H2,2-4H3;1-2H3/b8-7-,10-6+;. The van der Waals surface area contributed by atoms with E-state index >= 15 is 0 Å². The van der Waals surface area contributed by atoms with E-state index in [-0.39, 0.29) is 0 Å². The van der Waals surface area contributed by atoms with Crippen molar-refractivity contribution in [1.82, 2.24) is 0 Å². The van der Waals surface area contributed by atoms with E-state index in [1.54, 1.807) is 6.08 Å². The SMILES string of the molecule is C=C/C=C\C(=C/C)C(C)C.CC. The van der Waals surface area contributed by atoms with Gasteiger partial charge in [0.15, 0.2) is 0 Å². The molecule has 0 aliphatic carbocycles. The molecule has 12 heavy (non-hydrogen) atoms.